The van der Waals surface area contributed by atoms with Crippen LogP contribution in [0.15, 0.2) is 5.51 Å². The van der Waals surface area contributed by atoms with E-state index in [1.165, 1.54) is 4.88 Å². The summed E-state index contributed by atoms with van der Waals surface area (Å²) in [5, 5.41) is 3.18. The normalized spacial score (nSPS) is 25.7. The fraction of sp³-hybridized carbons (Fsp3) is 0.765. The first kappa shape index (κ1) is 16.9. The van der Waals surface area contributed by atoms with Crippen molar-refractivity contribution in [2.75, 3.05) is 33.7 Å². The van der Waals surface area contributed by atoms with Gasteiger partial charge in [-0.15, -0.1) is 11.3 Å². The number of amides is 1. The average Bonchev–Trinajstić information content (AvgIpc) is 3.30. The smallest absolute Gasteiger partial charge is 0.223 e. The number of likely N-dealkylation sites (tertiary alicyclic amines) is 1. The molecule has 23 heavy (non-hydrogen) atoms. The molecule has 1 saturated heterocycles. The van der Waals surface area contributed by atoms with Crippen molar-refractivity contribution in [3.63, 3.8) is 0 Å². The van der Waals surface area contributed by atoms with Gasteiger partial charge >= 0.3 is 0 Å². The molecule has 1 N–H and O–H groups in total. The van der Waals surface area contributed by atoms with Gasteiger partial charge in [-0.25, -0.2) is 4.98 Å². The molecule has 2 heterocycles. The highest BCUT2D eigenvalue weighted by atomic mass is 32.1. The lowest BCUT2D eigenvalue weighted by molar-refractivity contribution is -0.122. The molecule has 1 aromatic rings. The fourth-order valence-electron chi connectivity index (χ4n) is 3.41. The molecule has 0 aromatic carbocycles. The van der Waals surface area contributed by atoms with Gasteiger partial charge in [0.15, 0.2) is 0 Å². The minimum absolute atomic E-state index is 0.269. The first-order valence-electron chi connectivity index (χ1n) is 8.60. The fourth-order valence-corrected chi connectivity index (χ4v) is 4.23. The zero-order valence-corrected chi connectivity index (χ0v) is 15.2. The van der Waals surface area contributed by atoms with Gasteiger partial charge in [-0.1, -0.05) is 0 Å². The summed E-state index contributed by atoms with van der Waals surface area (Å²) in [5.74, 6) is 1.12. The second-order valence-corrected chi connectivity index (χ2v) is 8.13. The summed E-state index contributed by atoms with van der Waals surface area (Å²) in [6.45, 7) is 6.09. The van der Waals surface area contributed by atoms with Gasteiger partial charge in [-0.2, -0.15) is 0 Å². The first-order valence-corrected chi connectivity index (χ1v) is 9.48. The van der Waals surface area contributed by atoms with E-state index >= 15 is 0 Å². The van der Waals surface area contributed by atoms with Gasteiger partial charge in [0.1, 0.15) is 0 Å². The van der Waals surface area contributed by atoms with Crippen LogP contribution < -0.4 is 5.32 Å². The van der Waals surface area contributed by atoms with Gasteiger partial charge in [0.2, 0.25) is 5.91 Å². The quantitative estimate of drug-likeness (QED) is 0.859. The minimum atomic E-state index is 0.269. The second-order valence-electron chi connectivity index (χ2n) is 7.20. The maximum absolute atomic E-state index is 11.9. The number of carbonyl (C=O) groups is 1. The van der Waals surface area contributed by atoms with E-state index in [2.05, 4.69) is 41.1 Å². The van der Waals surface area contributed by atoms with E-state index in [1.807, 2.05) is 5.51 Å². The van der Waals surface area contributed by atoms with Crippen LogP contribution in [0, 0.1) is 18.8 Å². The molecule has 2 aliphatic rings. The predicted molar refractivity (Wildman–Crippen MR) is 93.4 cm³/mol. The molecule has 1 saturated carbocycles. The van der Waals surface area contributed by atoms with Crippen molar-refractivity contribution in [1.82, 2.24) is 20.1 Å². The maximum Gasteiger partial charge on any atom is 0.223 e. The summed E-state index contributed by atoms with van der Waals surface area (Å²) in [4.78, 5) is 22.5. The number of hydrogen-bond acceptors (Lipinski definition) is 5. The highest BCUT2D eigenvalue weighted by Crippen LogP contribution is 2.29. The molecule has 2 atom stereocenters. The molecule has 1 aromatic heterocycles. The standard InChI is InChI=1S/C17H28N4OS/c1-12-16(23-11-19-12)10-21-7-6-14(15(9-21)20(2)3)8-18-17(22)13-4-5-13/h11,13-15H,4-10H2,1-3H3,(H,18,22)/t14-,15-/m1/s1. The number of nitrogens with zero attached hydrogens (tertiary/aromatic N) is 3. The van der Waals surface area contributed by atoms with Crippen LogP contribution in [-0.4, -0.2) is 60.5 Å². The molecule has 0 bridgehead atoms. The Kier molecular flexibility index (Phi) is 5.34. The van der Waals surface area contributed by atoms with Crippen LogP contribution >= 0.6 is 11.3 Å². The van der Waals surface area contributed by atoms with E-state index in [0.717, 1.165) is 51.1 Å². The number of aromatic nitrogens is 1. The topological polar surface area (TPSA) is 48.5 Å². The van der Waals surface area contributed by atoms with Crippen LogP contribution in [0.4, 0.5) is 0 Å². The van der Waals surface area contributed by atoms with Crippen LogP contribution in [0.1, 0.15) is 29.8 Å². The monoisotopic (exact) mass is 336 g/mol. The van der Waals surface area contributed by atoms with Crippen molar-refractivity contribution in [3.05, 3.63) is 16.1 Å². The molecule has 1 aliphatic carbocycles. The average molecular weight is 337 g/mol. The molecule has 128 valence electrons. The third-order valence-electron chi connectivity index (χ3n) is 5.17. The third kappa shape index (κ3) is 4.31. The highest BCUT2D eigenvalue weighted by Gasteiger charge is 2.33. The molecule has 3 rings (SSSR count). The predicted octanol–water partition coefficient (Wildman–Crippen LogP) is 1.73. The first-order chi connectivity index (χ1) is 11.0. The van der Waals surface area contributed by atoms with E-state index < -0.39 is 0 Å². The number of carbonyl (C=O) groups excluding carboxylic acids is 1. The molecule has 2 fully saturated rings. The minimum Gasteiger partial charge on any atom is -0.356 e. The molecular weight excluding hydrogens is 308 g/mol. The molecule has 1 aliphatic heterocycles. The Bertz CT molecular complexity index is 540. The van der Waals surface area contributed by atoms with Gasteiger partial charge in [-0.05, 0) is 52.7 Å². The van der Waals surface area contributed by atoms with Crippen LogP contribution in [0.5, 0.6) is 0 Å². The Morgan fingerprint density at radius 2 is 2.22 bits per heavy atom. The molecule has 0 radical (unpaired) electrons. The zero-order chi connectivity index (χ0) is 16.4. The number of nitrogens with one attached hydrogen (secondary N) is 1. The van der Waals surface area contributed by atoms with Crippen LogP contribution in [0.3, 0.4) is 0 Å². The number of rotatable bonds is 6. The number of piperidine rings is 1. The van der Waals surface area contributed by atoms with E-state index in [-0.39, 0.29) is 5.91 Å². The van der Waals surface area contributed by atoms with Crippen LogP contribution in [0.2, 0.25) is 0 Å². The van der Waals surface area contributed by atoms with E-state index in [0.29, 0.717) is 17.9 Å². The summed E-state index contributed by atoms with van der Waals surface area (Å²) in [5.41, 5.74) is 3.10. The van der Waals surface area contributed by atoms with Crippen molar-refractivity contribution < 1.29 is 4.79 Å². The van der Waals surface area contributed by atoms with Crippen molar-refractivity contribution >= 4 is 17.2 Å². The lowest BCUT2D eigenvalue weighted by Crippen LogP contribution is -2.53. The van der Waals surface area contributed by atoms with E-state index in [1.54, 1.807) is 11.3 Å². The summed E-state index contributed by atoms with van der Waals surface area (Å²) in [6, 6.07) is 0.497. The van der Waals surface area contributed by atoms with Gasteiger partial charge in [-0.3, -0.25) is 9.69 Å². The Morgan fingerprint density at radius 3 is 2.83 bits per heavy atom. The second kappa shape index (κ2) is 7.28. The largest absolute Gasteiger partial charge is 0.356 e. The summed E-state index contributed by atoms with van der Waals surface area (Å²) in [7, 11) is 4.31. The summed E-state index contributed by atoms with van der Waals surface area (Å²) < 4.78 is 0. The molecule has 5 nitrogen and oxygen atoms in total. The van der Waals surface area contributed by atoms with Crippen molar-refractivity contribution in [2.24, 2.45) is 11.8 Å². The maximum atomic E-state index is 11.9. The Hall–Kier alpha value is -0.980. The van der Waals surface area contributed by atoms with Crippen molar-refractivity contribution in [1.29, 1.82) is 0 Å². The number of aryl methyl sites for hydroxylation is 1. The molecule has 1 amide bonds. The van der Waals surface area contributed by atoms with Gasteiger partial charge in [0.25, 0.3) is 0 Å². The SMILES string of the molecule is Cc1ncsc1CN1CC[C@H](CNC(=O)C2CC2)[C@H](N(C)C)C1. The lowest BCUT2D eigenvalue weighted by atomic mass is 9.90. The Balaban J connectivity index is 1.54. The van der Waals surface area contributed by atoms with E-state index in [9.17, 15) is 4.79 Å². The van der Waals surface area contributed by atoms with Crippen molar-refractivity contribution in [2.45, 2.75) is 38.8 Å². The number of thiazole rings is 1. The number of hydrogen-bond donors (Lipinski definition) is 1. The van der Waals surface area contributed by atoms with Crippen LogP contribution in [0.25, 0.3) is 0 Å². The molecular formula is C17H28N4OS. The molecule has 0 spiro atoms. The zero-order valence-electron chi connectivity index (χ0n) is 14.4. The van der Waals surface area contributed by atoms with Gasteiger partial charge in [0.05, 0.1) is 11.2 Å². The summed E-state index contributed by atoms with van der Waals surface area (Å²) >= 11 is 1.75. The van der Waals surface area contributed by atoms with Gasteiger partial charge in [0, 0.05) is 36.5 Å². The van der Waals surface area contributed by atoms with Crippen LogP contribution in [-0.2, 0) is 11.3 Å². The molecule has 6 heteroatoms. The van der Waals surface area contributed by atoms with E-state index in [4.69, 9.17) is 0 Å². The van der Waals surface area contributed by atoms with Crippen molar-refractivity contribution in [3.8, 4) is 0 Å². The summed E-state index contributed by atoms with van der Waals surface area (Å²) in [6.07, 6.45) is 3.30. The highest BCUT2D eigenvalue weighted by molar-refractivity contribution is 7.09. The third-order valence-corrected chi connectivity index (χ3v) is 6.09. The van der Waals surface area contributed by atoms with Gasteiger partial charge < -0.3 is 10.2 Å². The number of likely N-dealkylation sites (N-methyl/N-ethyl adjacent to an activating group) is 1. The molecule has 0 unspecified atom stereocenters. The lowest BCUT2D eigenvalue weighted by Gasteiger charge is -2.41. The Morgan fingerprint density at radius 1 is 1.43 bits per heavy atom. The Labute approximate surface area is 143 Å².